The molecule has 0 unspecified atom stereocenters. The minimum atomic E-state index is -3.22. The summed E-state index contributed by atoms with van der Waals surface area (Å²) in [6.07, 6.45) is 0. The summed E-state index contributed by atoms with van der Waals surface area (Å²) >= 11 is -1.27. The Morgan fingerprint density at radius 3 is 1.33 bits per heavy atom. The van der Waals surface area contributed by atoms with Crippen LogP contribution in [0.1, 0.15) is 0 Å². The molecule has 0 saturated heterocycles. The topological polar surface area (TPSA) is 0 Å². The van der Waals surface area contributed by atoms with Gasteiger partial charge < -0.3 is 0 Å². The molecule has 0 spiro atoms. The molecule has 0 bridgehead atoms. The second kappa shape index (κ2) is 1.48. The molecule has 0 aromatic carbocycles. The molecule has 0 heterocycles. The summed E-state index contributed by atoms with van der Waals surface area (Å²) in [4.78, 5) is 5.19. The van der Waals surface area contributed by atoms with Gasteiger partial charge in [0.1, 0.15) is 0 Å². The molecule has 6 heavy (non-hydrogen) atoms. The van der Waals surface area contributed by atoms with Crippen LogP contribution < -0.4 is 0 Å². The van der Waals surface area contributed by atoms with Gasteiger partial charge in [-0.25, -0.2) is 0 Å². The van der Waals surface area contributed by atoms with Gasteiger partial charge in [-0.15, -0.1) is 0 Å². The fourth-order valence-electron chi connectivity index (χ4n) is 0. The Bertz CT molecular complexity index is 44.0. The predicted molar refractivity (Wildman–Crippen MR) is 38.5 cm³/mol. The van der Waals surface area contributed by atoms with Crippen molar-refractivity contribution in [2.45, 2.75) is 14.6 Å². The third kappa shape index (κ3) is 50.3. The van der Waals surface area contributed by atoms with Crippen LogP contribution >= 0.6 is 18.5 Å². The summed E-state index contributed by atoms with van der Waals surface area (Å²) in [6.45, 7) is 0. The molecule has 0 saturated carbocycles. The van der Waals surface area contributed by atoms with E-state index >= 15 is 0 Å². The number of halogens is 2. The fourth-order valence-corrected chi connectivity index (χ4v) is 0. The quantitative estimate of drug-likeness (QED) is 0.476. The van der Waals surface area contributed by atoms with Gasteiger partial charge in [-0.1, -0.05) is 0 Å². The molecule has 0 amide bonds. The maximum atomic E-state index is 12.6. The third-order valence-corrected chi connectivity index (χ3v) is 0. The summed E-state index contributed by atoms with van der Waals surface area (Å²) in [5.74, 6) is 0. The van der Waals surface area contributed by atoms with Crippen molar-refractivity contribution < 1.29 is 2.81 Å². The van der Waals surface area contributed by atoms with Crippen LogP contribution in [0.2, 0.25) is 14.6 Å². The average Bonchev–Trinajstić information content (AvgIpc) is 0.650. The van der Waals surface area contributed by atoms with E-state index in [0.717, 1.165) is 0 Å². The second-order valence-corrected chi connectivity index (χ2v) is 38.1. The zero-order valence-corrected chi connectivity index (χ0v) is 8.91. The first-order valence-corrected chi connectivity index (χ1v) is 17.7. The van der Waals surface area contributed by atoms with Gasteiger partial charge in [-0.3, -0.25) is 0 Å². The van der Waals surface area contributed by atoms with Crippen LogP contribution in [0.4, 0.5) is 2.81 Å². The Balaban J connectivity index is 3.73. The molecule has 0 aromatic heterocycles. The first-order valence-electron chi connectivity index (χ1n) is 1.68. The first-order chi connectivity index (χ1) is 2.24. The van der Waals surface area contributed by atoms with Crippen molar-refractivity contribution in [3.8, 4) is 0 Å². The average molecular weight is 313 g/mol. The SMILES string of the molecule is [CH3][Sb]([CH3])([CH3])([F])[I]. The van der Waals surface area contributed by atoms with Crippen LogP contribution in [0.3, 0.4) is 0 Å². The van der Waals surface area contributed by atoms with E-state index in [1.54, 1.807) is 14.6 Å². The zero-order valence-electron chi connectivity index (χ0n) is 4.20. The van der Waals surface area contributed by atoms with E-state index in [1.165, 1.54) is 0 Å². The van der Waals surface area contributed by atoms with Gasteiger partial charge in [0.25, 0.3) is 0 Å². The van der Waals surface area contributed by atoms with Crippen molar-refractivity contribution in [3.05, 3.63) is 0 Å². The van der Waals surface area contributed by atoms with E-state index in [9.17, 15) is 2.81 Å². The molecule has 0 nitrogen and oxygen atoms in total. The van der Waals surface area contributed by atoms with E-state index < -0.39 is 14.0 Å². The molecular weight excluding hydrogens is 304 g/mol. The van der Waals surface area contributed by atoms with Gasteiger partial charge >= 0.3 is 49.9 Å². The molecule has 0 rings (SSSR count). The summed E-state index contributed by atoms with van der Waals surface area (Å²) in [6, 6.07) is 0. The van der Waals surface area contributed by atoms with Crippen LogP contribution in [0.15, 0.2) is 0 Å². The Kier molecular flexibility index (Phi) is 1.84. The molecule has 0 N–H and O–H groups in total. The molecule has 0 atom stereocenters. The van der Waals surface area contributed by atoms with Gasteiger partial charge in [0, 0.05) is 0 Å². The van der Waals surface area contributed by atoms with Gasteiger partial charge in [0.15, 0.2) is 0 Å². The standard InChI is InChI=1S/3CH3.FH.HI.Sb/h3*1H3;2*1H;/q;;;;;+2/p-2. The van der Waals surface area contributed by atoms with Gasteiger partial charge in [-0.05, 0) is 0 Å². The molecular formula is C3H9FISb. The van der Waals surface area contributed by atoms with Crippen LogP contribution in [-0.4, -0.2) is 14.0 Å². The first kappa shape index (κ1) is 7.48. The van der Waals surface area contributed by atoms with E-state index in [-0.39, 0.29) is 0 Å². The van der Waals surface area contributed by atoms with Gasteiger partial charge in [0.2, 0.25) is 0 Å². The Morgan fingerprint density at radius 1 is 1.33 bits per heavy atom. The van der Waals surface area contributed by atoms with E-state index in [2.05, 4.69) is 0 Å². The summed E-state index contributed by atoms with van der Waals surface area (Å²) in [7, 11) is 0. The van der Waals surface area contributed by atoms with Crippen LogP contribution in [0, 0.1) is 0 Å². The minimum absolute atomic E-state index is 1.73. The molecule has 0 fully saturated rings. The van der Waals surface area contributed by atoms with Crippen LogP contribution in [0.25, 0.3) is 0 Å². The summed E-state index contributed by atoms with van der Waals surface area (Å²) < 4.78 is 12.6. The van der Waals surface area contributed by atoms with E-state index in [0.29, 0.717) is 0 Å². The van der Waals surface area contributed by atoms with Crippen molar-refractivity contribution >= 4 is 32.5 Å². The normalized spacial score (nSPS) is 19.2. The van der Waals surface area contributed by atoms with Crippen molar-refractivity contribution in [1.82, 2.24) is 0 Å². The predicted octanol–water partition coefficient (Wildman–Crippen LogP) is 2.68. The van der Waals surface area contributed by atoms with Crippen molar-refractivity contribution in [1.29, 1.82) is 0 Å². The summed E-state index contributed by atoms with van der Waals surface area (Å²) in [5.41, 5.74) is 0. The Labute approximate surface area is 49.4 Å². The van der Waals surface area contributed by atoms with Crippen LogP contribution in [-0.2, 0) is 0 Å². The Morgan fingerprint density at radius 2 is 1.33 bits per heavy atom. The van der Waals surface area contributed by atoms with Gasteiger partial charge in [0.05, 0.1) is 0 Å². The molecule has 0 aliphatic rings. The zero-order chi connectivity index (χ0) is 5.45. The fraction of sp³-hybridized carbons (Fsp3) is 1.00. The second-order valence-electron chi connectivity index (χ2n) is 2.42. The summed E-state index contributed by atoms with van der Waals surface area (Å²) in [5, 5.41) is 0. The third-order valence-electron chi connectivity index (χ3n) is 0. The van der Waals surface area contributed by atoms with Gasteiger partial charge in [-0.2, -0.15) is 0 Å². The van der Waals surface area contributed by atoms with Crippen LogP contribution in [0.5, 0.6) is 0 Å². The van der Waals surface area contributed by atoms with E-state index in [1.807, 2.05) is 18.5 Å². The monoisotopic (exact) mass is 312 g/mol. The molecule has 0 aromatic rings. The molecule has 0 aliphatic carbocycles. The molecule has 0 radical (unpaired) electrons. The number of hydrogen-bond donors (Lipinski definition) is 0. The molecule has 40 valence electrons. The van der Waals surface area contributed by atoms with E-state index in [4.69, 9.17) is 0 Å². The molecule has 3 heteroatoms. The van der Waals surface area contributed by atoms with Crippen molar-refractivity contribution in [3.63, 3.8) is 0 Å². The number of hydrogen-bond acceptors (Lipinski definition) is 0. The molecule has 0 aliphatic heterocycles. The van der Waals surface area contributed by atoms with Crippen molar-refractivity contribution in [2.75, 3.05) is 0 Å². The number of rotatable bonds is 0. The van der Waals surface area contributed by atoms with Crippen molar-refractivity contribution in [2.24, 2.45) is 0 Å². The maximum absolute atomic E-state index is 12.6. The Hall–Kier alpha value is 1.48.